The number of nitrogens with zero attached hydrogens (tertiary/aromatic N) is 1. The predicted molar refractivity (Wildman–Crippen MR) is 139 cm³/mol. The summed E-state index contributed by atoms with van der Waals surface area (Å²) in [6.07, 6.45) is 1.51. The number of thioether (sulfide) groups is 1. The van der Waals surface area contributed by atoms with Gasteiger partial charge in [-0.1, -0.05) is 56.8 Å². The van der Waals surface area contributed by atoms with Gasteiger partial charge < -0.3 is 4.74 Å². The molecule has 172 valence electrons. The normalized spacial score (nSPS) is 14.7. The van der Waals surface area contributed by atoms with E-state index in [2.05, 4.69) is 15.9 Å². The lowest BCUT2D eigenvalue weighted by Crippen LogP contribution is -2.27. The van der Waals surface area contributed by atoms with E-state index in [4.69, 9.17) is 39.5 Å². The van der Waals surface area contributed by atoms with Crippen molar-refractivity contribution >= 4 is 85.7 Å². The predicted octanol–water partition coefficient (Wildman–Crippen LogP) is 7.87. The van der Waals surface area contributed by atoms with Crippen LogP contribution < -0.4 is 4.74 Å². The van der Waals surface area contributed by atoms with Crippen LogP contribution in [0.3, 0.4) is 0 Å². The van der Waals surface area contributed by atoms with Gasteiger partial charge in [0.25, 0.3) is 11.1 Å². The molecule has 0 atom stereocenters. The first-order chi connectivity index (χ1) is 16.2. The second kappa shape index (κ2) is 10.5. The standard InChI is InChI=1S/C24H13BrCl3NO4S/c25-15-6-9-20(33-23(31)13-4-7-16(26)8-5-13)14(10-15)11-21-22(30)29(24(32)34-21)12-17-18(27)2-1-3-19(17)28/h1-11H,12H2/b21-11-. The highest BCUT2D eigenvalue weighted by atomic mass is 79.9. The average Bonchev–Trinajstić information content (AvgIpc) is 3.05. The number of benzene rings is 3. The van der Waals surface area contributed by atoms with Crippen LogP contribution in [0.15, 0.2) is 70.0 Å². The molecule has 0 aliphatic carbocycles. The number of ether oxygens (including phenoxy) is 1. The van der Waals surface area contributed by atoms with Crippen LogP contribution in [0.2, 0.25) is 15.1 Å². The molecule has 0 spiro atoms. The van der Waals surface area contributed by atoms with Crippen LogP contribution in [0.5, 0.6) is 5.75 Å². The van der Waals surface area contributed by atoms with Crippen LogP contribution in [-0.2, 0) is 11.3 Å². The van der Waals surface area contributed by atoms with E-state index in [1.807, 2.05) is 0 Å². The van der Waals surface area contributed by atoms with E-state index in [-0.39, 0.29) is 17.2 Å². The van der Waals surface area contributed by atoms with Gasteiger partial charge in [-0.3, -0.25) is 14.5 Å². The van der Waals surface area contributed by atoms with Crippen LogP contribution >= 0.6 is 62.5 Å². The third-order valence-corrected chi connectivity index (χ3v) is 7.15. The third kappa shape index (κ3) is 5.50. The molecule has 1 saturated heterocycles. The first-order valence-corrected chi connectivity index (χ1v) is 12.4. The van der Waals surface area contributed by atoms with E-state index >= 15 is 0 Å². The summed E-state index contributed by atoms with van der Waals surface area (Å²) in [5.74, 6) is -0.861. The number of hydrogen-bond donors (Lipinski definition) is 0. The molecule has 0 aromatic heterocycles. The summed E-state index contributed by atoms with van der Waals surface area (Å²) in [5, 5.41) is 0.759. The lowest BCUT2D eigenvalue weighted by Gasteiger charge is -2.14. The van der Waals surface area contributed by atoms with Gasteiger partial charge in [-0.15, -0.1) is 0 Å². The Morgan fingerprint density at radius 3 is 2.35 bits per heavy atom. The smallest absolute Gasteiger partial charge is 0.343 e. The Balaban J connectivity index is 1.60. The highest BCUT2D eigenvalue weighted by Gasteiger charge is 2.36. The van der Waals surface area contributed by atoms with Gasteiger partial charge >= 0.3 is 5.97 Å². The molecule has 4 rings (SSSR count). The zero-order valence-electron chi connectivity index (χ0n) is 17.1. The van der Waals surface area contributed by atoms with Crippen LogP contribution in [0, 0.1) is 0 Å². The van der Waals surface area contributed by atoms with Gasteiger partial charge in [0.1, 0.15) is 5.75 Å². The summed E-state index contributed by atoms with van der Waals surface area (Å²) in [6, 6.07) is 16.2. The highest BCUT2D eigenvalue weighted by Crippen LogP contribution is 2.37. The summed E-state index contributed by atoms with van der Waals surface area (Å²) in [6.45, 7) is -0.0581. The van der Waals surface area contributed by atoms with Crippen molar-refractivity contribution in [1.82, 2.24) is 4.90 Å². The number of amides is 2. The Kier molecular flexibility index (Phi) is 7.70. The summed E-state index contributed by atoms with van der Waals surface area (Å²) in [5.41, 5.74) is 1.24. The Hall–Kier alpha value is -2.29. The number of rotatable bonds is 5. The number of esters is 1. The molecule has 1 aliphatic heterocycles. The van der Waals surface area contributed by atoms with Crippen LogP contribution in [0.25, 0.3) is 6.08 Å². The van der Waals surface area contributed by atoms with E-state index in [9.17, 15) is 14.4 Å². The molecule has 10 heteroatoms. The zero-order chi connectivity index (χ0) is 24.4. The molecule has 1 aliphatic rings. The molecule has 1 heterocycles. The largest absolute Gasteiger partial charge is 0.422 e. The Labute approximate surface area is 222 Å². The molecule has 3 aromatic rings. The number of carbonyl (C=O) groups is 3. The maximum absolute atomic E-state index is 13.0. The van der Waals surface area contributed by atoms with Crippen molar-refractivity contribution < 1.29 is 19.1 Å². The van der Waals surface area contributed by atoms with Gasteiger partial charge in [-0.05, 0) is 72.4 Å². The summed E-state index contributed by atoms with van der Waals surface area (Å²) >= 11 is 22.4. The van der Waals surface area contributed by atoms with Crippen LogP contribution in [0.4, 0.5) is 4.79 Å². The van der Waals surface area contributed by atoms with Gasteiger partial charge in [0, 0.05) is 30.7 Å². The minimum atomic E-state index is -0.588. The van der Waals surface area contributed by atoms with E-state index in [0.29, 0.717) is 36.2 Å². The molecule has 2 amide bonds. The minimum Gasteiger partial charge on any atom is -0.422 e. The number of halogens is 4. The molecule has 3 aromatic carbocycles. The Bertz CT molecular complexity index is 1320. The van der Waals surface area contributed by atoms with Gasteiger partial charge in [0.15, 0.2) is 0 Å². The molecule has 5 nitrogen and oxygen atoms in total. The molecule has 0 bridgehead atoms. The molecule has 0 saturated carbocycles. The fraction of sp³-hybridized carbons (Fsp3) is 0.0417. The van der Waals surface area contributed by atoms with E-state index < -0.39 is 17.1 Å². The van der Waals surface area contributed by atoms with Crippen molar-refractivity contribution in [3.05, 3.63) is 102 Å². The quantitative estimate of drug-likeness (QED) is 0.170. The molecule has 0 radical (unpaired) electrons. The van der Waals surface area contributed by atoms with Gasteiger partial charge in [-0.25, -0.2) is 4.79 Å². The van der Waals surface area contributed by atoms with Crippen molar-refractivity contribution in [1.29, 1.82) is 0 Å². The average molecular weight is 598 g/mol. The Morgan fingerprint density at radius 1 is 1.00 bits per heavy atom. The second-order valence-corrected chi connectivity index (χ2v) is 10.2. The van der Waals surface area contributed by atoms with Crippen molar-refractivity contribution in [2.24, 2.45) is 0 Å². The van der Waals surface area contributed by atoms with Crippen LogP contribution in [0.1, 0.15) is 21.5 Å². The fourth-order valence-electron chi connectivity index (χ4n) is 3.09. The summed E-state index contributed by atoms with van der Waals surface area (Å²) in [7, 11) is 0. The topological polar surface area (TPSA) is 63.7 Å². The monoisotopic (exact) mass is 595 g/mol. The second-order valence-electron chi connectivity index (χ2n) is 7.05. The van der Waals surface area contributed by atoms with Gasteiger partial charge in [-0.2, -0.15) is 0 Å². The molecular weight excluding hydrogens is 585 g/mol. The molecule has 34 heavy (non-hydrogen) atoms. The van der Waals surface area contributed by atoms with E-state index in [1.54, 1.807) is 60.7 Å². The van der Waals surface area contributed by atoms with Crippen molar-refractivity contribution in [3.8, 4) is 5.75 Å². The van der Waals surface area contributed by atoms with Crippen molar-refractivity contribution in [2.45, 2.75) is 6.54 Å². The molecular formula is C24H13BrCl3NO4S. The highest BCUT2D eigenvalue weighted by molar-refractivity contribution is 9.10. The Morgan fingerprint density at radius 2 is 1.68 bits per heavy atom. The SMILES string of the molecule is O=C(Oc1ccc(Br)cc1/C=C1\SC(=O)N(Cc2c(Cl)cccc2Cl)C1=O)c1ccc(Cl)cc1. The summed E-state index contributed by atoms with van der Waals surface area (Å²) in [4.78, 5) is 39.4. The van der Waals surface area contributed by atoms with Crippen LogP contribution in [-0.4, -0.2) is 22.0 Å². The third-order valence-electron chi connectivity index (χ3n) is 4.79. The van der Waals surface area contributed by atoms with E-state index in [0.717, 1.165) is 16.7 Å². The fourth-order valence-corrected chi connectivity index (χ4v) is 4.94. The van der Waals surface area contributed by atoms with Gasteiger partial charge in [0.05, 0.1) is 17.0 Å². The van der Waals surface area contributed by atoms with Gasteiger partial charge in [0.2, 0.25) is 0 Å². The number of imide groups is 1. The molecule has 1 fully saturated rings. The van der Waals surface area contributed by atoms with E-state index in [1.165, 1.54) is 6.08 Å². The molecule has 0 unspecified atom stereocenters. The minimum absolute atomic E-state index is 0.0581. The maximum atomic E-state index is 13.0. The lowest BCUT2D eigenvalue weighted by atomic mass is 10.1. The van der Waals surface area contributed by atoms with Crippen molar-refractivity contribution in [3.63, 3.8) is 0 Å². The maximum Gasteiger partial charge on any atom is 0.343 e. The first kappa shape index (κ1) is 24.8. The number of hydrogen-bond acceptors (Lipinski definition) is 5. The molecule has 0 N–H and O–H groups in total. The lowest BCUT2D eigenvalue weighted by molar-refractivity contribution is -0.123. The zero-order valence-corrected chi connectivity index (χ0v) is 21.7. The van der Waals surface area contributed by atoms with Crippen molar-refractivity contribution in [2.75, 3.05) is 0 Å². The first-order valence-electron chi connectivity index (χ1n) is 9.68. The number of carbonyl (C=O) groups excluding carboxylic acids is 3. The summed E-state index contributed by atoms with van der Waals surface area (Å²) < 4.78 is 6.25.